The standard InChI is InChI=1S/C36H53N7O12S/c1-22(2)31(41-28(44)19-42-18-25(43-29(45)12-13-30(43)46)17-26(42)21-54-15-16-56(51,52)53)33(48)40-27(7-6-14-38-35(37)50)32(47)39-24-10-8-23(9-11-24)20-55-34(49)36(3,4)5/h8-13,22,25-27,31H,6-7,14-21H2,1-5H3,(H,39,47)(H,40,48)(H,41,44)(H3,37,38,50)(H,51,52,53)/t25-,26-,27-,31-/m0/s1. The maximum absolute atomic E-state index is 13.7. The fourth-order valence-electron chi connectivity index (χ4n) is 5.93. The number of primary amides is 1. The number of hydrogen-bond acceptors (Lipinski definition) is 12. The van der Waals surface area contributed by atoms with Crippen LogP contribution in [0.5, 0.6) is 0 Å². The molecule has 0 unspecified atom stereocenters. The van der Waals surface area contributed by atoms with E-state index in [-0.39, 0.29) is 64.7 Å². The van der Waals surface area contributed by atoms with Gasteiger partial charge in [0.05, 0.1) is 37.0 Å². The molecule has 7 N–H and O–H groups in total. The molecular weight excluding hydrogens is 754 g/mol. The van der Waals surface area contributed by atoms with Crippen molar-refractivity contribution in [3.63, 3.8) is 0 Å². The van der Waals surface area contributed by atoms with E-state index in [0.29, 0.717) is 11.3 Å². The van der Waals surface area contributed by atoms with Crippen LogP contribution < -0.4 is 27.0 Å². The lowest BCUT2D eigenvalue weighted by Gasteiger charge is -2.28. The summed E-state index contributed by atoms with van der Waals surface area (Å²) in [5.41, 5.74) is 5.59. The smallest absolute Gasteiger partial charge is 0.312 e. The van der Waals surface area contributed by atoms with Crippen molar-refractivity contribution in [1.82, 2.24) is 25.8 Å². The minimum Gasteiger partial charge on any atom is -0.460 e. The molecular formula is C36H53N7O12S. The Hall–Kier alpha value is -4.92. The molecule has 56 heavy (non-hydrogen) atoms. The molecule has 19 nitrogen and oxygen atoms in total. The predicted octanol–water partition coefficient (Wildman–Crippen LogP) is 0.0608. The van der Waals surface area contributed by atoms with E-state index < -0.39 is 86.9 Å². The van der Waals surface area contributed by atoms with Gasteiger partial charge in [-0.05, 0) is 63.6 Å². The molecule has 1 saturated heterocycles. The third kappa shape index (κ3) is 14.6. The fourth-order valence-corrected chi connectivity index (χ4v) is 6.26. The molecule has 7 amide bonds. The van der Waals surface area contributed by atoms with Crippen molar-refractivity contribution in [3.05, 3.63) is 42.0 Å². The van der Waals surface area contributed by atoms with E-state index in [1.165, 1.54) is 0 Å². The van der Waals surface area contributed by atoms with Gasteiger partial charge in [-0.15, -0.1) is 0 Å². The van der Waals surface area contributed by atoms with Crippen LogP contribution in [-0.2, 0) is 55.0 Å². The molecule has 0 radical (unpaired) electrons. The number of anilines is 1. The number of nitrogens with one attached hydrogen (secondary N) is 4. The largest absolute Gasteiger partial charge is 0.460 e. The first kappa shape index (κ1) is 45.5. The van der Waals surface area contributed by atoms with Crippen LogP contribution in [0, 0.1) is 11.3 Å². The molecule has 2 heterocycles. The Kier molecular flexibility index (Phi) is 16.5. The second-order valence-corrected chi connectivity index (χ2v) is 16.6. The number of carbonyl (C=O) groups is 7. The highest BCUT2D eigenvalue weighted by molar-refractivity contribution is 7.85. The number of benzene rings is 1. The summed E-state index contributed by atoms with van der Waals surface area (Å²) in [6, 6.07) is 2.48. The van der Waals surface area contributed by atoms with Gasteiger partial charge in [-0.25, -0.2) is 4.79 Å². The first-order valence-electron chi connectivity index (χ1n) is 18.2. The number of amides is 7. The Balaban J connectivity index is 1.68. The highest BCUT2D eigenvalue weighted by Gasteiger charge is 2.41. The number of carbonyl (C=O) groups excluding carboxylic acids is 7. The first-order valence-corrected chi connectivity index (χ1v) is 19.8. The van der Waals surface area contributed by atoms with Gasteiger partial charge in [-0.1, -0.05) is 26.0 Å². The van der Waals surface area contributed by atoms with E-state index in [4.69, 9.17) is 19.8 Å². The Morgan fingerprint density at radius 2 is 1.64 bits per heavy atom. The van der Waals surface area contributed by atoms with Crippen LogP contribution in [0.4, 0.5) is 10.5 Å². The lowest BCUT2D eigenvalue weighted by atomic mass is 9.97. The lowest BCUT2D eigenvalue weighted by molar-refractivity contribution is -0.154. The average molecular weight is 808 g/mol. The van der Waals surface area contributed by atoms with Gasteiger partial charge in [0.15, 0.2) is 0 Å². The predicted molar refractivity (Wildman–Crippen MR) is 202 cm³/mol. The molecule has 4 atom stereocenters. The summed E-state index contributed by atoms with van der Waals surface area (Å²) in [6.07, 6.45) is 2.87. The number of nitrogens with two attached hydrogens (primary N) is 1. The Morgan fingerprint density at radius 3 is 2.21 bits per heavy atom. The molecule has 1 aromatic carbocycles. The highest BCUT2D eigenvalue weighted by Crippen LogP contribution is 2.25. The zero-order valence-electron chi connectivity index (χ0n) is 32.2. The van der Waals surface area contributed by atoms with Gasteiger partial charge in [-0.3, -0.25) is 43.1 Å². The van der Waals surface area contributed by atoms with Crippen molar-refractivity contribution < 1.29 is 56.0 Å². The summed E-state index contributed by atoms with van der Waals surface area (Å²) in [5, 5.41) is 10.6. The summed E-state index contributed by atoms with van der Waals surface area (Å²) in [6.45, 7) is 8.21. The van der Waals surface area contributed by atoms with E-state index in [0.717, 1.165) is 17.1 Å². The molecule has 2 aliphatic heterocycles. The molecule has 2 aliphatic rings. The molecule has 3 rings (SSSR count). The van der Waals surface area contributed by atoms with Gasteiger partial charge in [0.2, 0.25) is 17.7 Å². The molecule has 0 spiro atoms. The first-order chi connectivity index (χ1) is 26.1. The van der Waals surface area contributed by atoms with Gasteiger partial charge in [-0.2, -0.15) is 8.42 Å². The van der Waals surface area contributed by atoms with Crippen molar-refractivity contribution in [2.75, 3.05) is 43.9 Å². The Bertz CT molecular complexity index is 1730. The molecule has 310 valence electrons. The number of esters is 1. The minimum absolute atomic E-state index is 0.0390. The minimum atomic E-state index is -4.28. The SMILES string of the molecule is CC(C)[C@H](NC(=O)CN1C[C@@H](N2C(=O)C=CC2=O)C[C@H]1COCCS(=O)(=O)O)C(=O)N[C@@H](CCCNC(N)=O)C(=O)Nc1ccc(COC(=O)C(C)(C)C)cc1. The second kappa shape index (κ2) is 20.3. The Labute approximate surface area is 326 Å². The van der Waals surface area contributed by atoms with Gasteiger partial charge in [0.25, 0.3) is 21.9 Å². The monoisotopic (exact) mass is 807 g/mol. The molecule has 0 aliphatic carbocycles. The lowest BCUT2D eigenvalue weighted by Crippen LogP contribution is -2.56. The van der Waals surface area contributed by atoms with Crippen LogP contribution in [0.15, 0.2) is 36.4 Å². The van der Waals surface area contributed by atoms with Crippen LogP contribution >= 0.6 is 0 Å². The van der Waals surface area contributed by atoms with Crippen molar-refractivity contribution in [2.24, 2.45) is 17.1 Å². The van der Waals surface area contributed by atoms with Gasteiger partial charge in [0, 0.05) is 37.0 Å². The van der Waals surface area contributed by atoms with E-state index >= 15 is 0 Å². The maximum Gasteiger partial charge on any atom is 0.312 e. The molecule has 0 saturated carbocycles. The number of rotatable bonds is 20. The summed E-state index contributed by atoms with van der Waals surface area (Å²) >= 11 is 0. The third-order valence-corrected chi connectivity index (χ3v) is 9.61. The van der Waals surface area contributed by atoms with Crippen LogP contribution in [0.25, 0.3) is 0 Å². The van der Waals surface area contributed by atoms with Gasteiger partial charge in [0.1, 0.15) is 18.7 Å². The number of urea groups is 1. The normalized spacial score (nSPS) is 18.4. The summed E-state index contributed by atoms with van der Waals surface area (Å²) in [7, 11) is -4.28. The summed E-state index contributed by atoms with van der Waals surface area (Å²) in [5.74, 6) is -4.28. The molecule has 1 fully saturated rings. The number of likely N-dealkylation sites (tertiary alicyclic amines) is 1. The Morgan fingerprint density at radius 1 is 1.00 bits per heavy atom. The fraction of sp³-hybridized carbons (Fsp3) is 0.583. The van der Waals surface area contributed by atoms with Crippen molar-refractivity contribution >= 4 is 57.3 Å². The molecule has 1 aromatic rings. The van der Waals surface area contributed by atoms with E-state index in [1.807, 2.05) is 0 Å². The van der Waals surface area contributed by atoms with Crippen LogP contribution in [0.2, 0.25) is 0 Å². The summed E-state index contributed by atoms with van der Waals surface area (Å²) in [4.78, 5) is 91.5. The highest BCUT2D eigenvalue weighted by atomic mass is 32.2. The second-order valence-electron chi connectivity index (χ2n) is 15.0. The number of hydrogen-bond donors (Lipinski definition) is 6. The topological polar surface area (TPSA) is 273 Å². The molecule has 0 bridgehead atoms. The van der Waals surface area contributed by atoms with Gasteiger partial charge >= 0.3 is 12.0 Å². The van der Waals surface area contributed by atoms with Crippen molar-refractivity contribution in [1.29, 1.82) is 0 Å². The van der Waals surface area contributed by atoms with Gasteiger partial charge < -0.3 is 36.5 Å². The number of nitrogens with zero attached hydrogens (tertiary/aromatic N) is 2. The van der Waals surface area contributed by atoms with Crippen LogP contribution in [0.1, 0.15) is 59.4 Å². The molecule has 20 heteroatoms. The van der Waals surface area contributed by atoms with E-state index in [1.54, 1.807) is 63.8 Å². The zero-order valence-corrected chi connectivity index (χ0v) is 33.1. The zero-order chi connectivity index (χ0) is 41.8. The van der Waals surface area contributed by atoms with Crippen LogP contribution in [0.3, 0.4) is 0 Å². The van der Waals surface area contributed by atoms with Crippen molar-refractivity contribution in [3.8, 4) is 0 Å². The van der Waals surface area contributed by atoms with Crippen molar-refractivity contribution in [2.45, 2.75) is 84.7 Å². The number of imide groups is 1. The average Bonchev–Trinajstić information content (AvgIpc) is 3.65. The summed E-state index contributed by atoms with van der Waals surface area (Å²) < 4.78 is 42.1. The van der Waals surface area contributed by atoms with Crippen LogP contribution in [-0.4, -0.2) is 127 Å². The number of ether oxygens (including phenoxy) is 2. The van der Waals surface area contributed by atoms with E-state index in [9.17, 15) is 42.0 Å². The molecule has 0 aromatic heterocycles. The third-order valence-electron chi connectivity index (χ3n) is 8.93. The van der Waals surface area contributed by atoms with E-state index in [2.05, 4.69) is 21.3 Å². The maximum atomic E-state index is 13.7. The quantitative estimate of drug-likeness (QED) is 0.0441.